The highest BCUT2D eigenvalue weighted by Crippen LogP contribution is 2.36. The number of alkyl halides is 3. The molecule has 1 heterocycles. The molecule has 0 saturated heterocycles. The lowest BCUT2D eigenvalue weighted by Crippen LogP contribution is -2.16. The highest BCUT2D eigenvalue weighted by atomic mass is 32.1. The second-order valence-electron chi connectivity index (χ2n) is 4.81. The Morgan fingerprint density at radius 1 is 1.27 bits per heavy atom. The first-order valence-electron chi connectivity index (χ1n) is 6.50. The Bertz CT molecular complexity index is 665. The molecule has 1 amide bonds. The summed E-state index contributed by atoms with van der Waals surface area (Å²) >= 11 is 0.496. The van der Waals surface area contributed by atoms with Gasteiger partial charge in [-0.1, -0.05) is 6.07 Å². The van der Waals surface area contributed by atoms with E-state index in [-0.39, 0.29) is 11.7 Å². The predicted molar refractivity (Wildman–Crippen MR) is 79.5 cm³/mol. The van der Waals surface area contributed by atoms with Crippen LogP contribution in [0.4, 0.5) is 18.9 Å². The Kier molecular flexibility index (Phi) is 4.75. The molecule has 0 atom stereocenters. The molecule has 7 heteroatoms. The van der Waals surface area contributed by atoms with Crippen molar-refractivity contribution >= 4 is 22.9 Å². The van der Waals surface area contributed by atoms with Crippen LogP contribution in [-0.4, -0.2) is 12.0 Å². The maximum Gasteiger partial charge on any atom is 0.426 e. The largest absolute Gasteiger partial charge is 0.491 e. The second kappa shape index (κ2) is 6.39. The summed E-state index contributed by atoms with van der Waals surface area (Å²) in [5.41, 5.74) is -0.00449. The summed E-state index contributed by atoms with van der Waals surface area (Å²) in [5.74, 6) is -0.260. The molecule has 0 unspecified atom stereocenters. The number of halogens is 3. The monoisotopic (exact) mass is 329 g/mol. The summed E-state index contributed by atoms with van der Waals surface area (Å²) in [6.07, 6.45) is -4.58. The Labute approximate surface area is 129 Å². The maximum absolute atomic E-state index is 12.8. The van der Waals surface area contributed by atoms with E-state index < -0.39 is 17.0 Å². The molecule has 0 bridgehead atoms. The van der Waals surface area contributed by atoms with Crippen molar-refractivity contribution in [2.24, 2.45) is 0 Å². The van der Waals surface area contributed by atoms with Gasteiger partial charge in [-0.25, -0.2) is 0 Å². The number of rotatable bonds is 4. The second-order valence-corrected chi connectivity index (χ2v) is 5.73. The number of hydrogen-bond acceptors (Lipinski definition) is 3. The molecule has 1 N–H and O–H groups in total. The van der Waals surface area contributed by atoms with E-state index in [0.29, 0.717) is 22.8 Å². The van der Waals surface area contributed by atoms with Crippen molar-refractivity contribution in [1.82, 2.24) is 0 Å². The van der Waals surface area contributed by atoms with E-state index in [9.17, 15) is 18.0 Å². The SMILES string of the molecule is CC(C)Oc1cccc(NC(=O)c2ccsc2C(F)(F)F)c1. The zero-order valence-electron chi connectivity index (χ0n) is 11.9. The Morgan fingerprint density at radius 3 is 2.64 bits per heavy atom. The summed E-state index contributed by atoms with van der Waals surface area (Å²) in [5, 5.41) is 3.70. The summed E-state index contributed by atoms with van der Waals surface area (Å²) in [6.45, 7) is 3.71. The molecule has 0 saturated carbocycles. The molecule has 118 valence electrons. The highest BCUT2D eigenvalue weighted by molar-refractivity contribution is 7.10. The molecular formula is C15H14F3NO2S. The lowest BCUT2D eigenvalue weighted by Gasteiger charge is -2.12. The Balaban J connectivity index is 2.18. The van der Waals surface area contributed by atoms with Gasteiger partial charge in [0.2, 0.25) is 0 Å². The number of ether oxygens (including phenoxy) is 1. The van der Waals surface area contributed by atoms with Crippen LogP contribution in [0.5, 0.6) is 5.75 Å². The van der Waals surface area contributed by atoms with Crippen LogP contribution < -0.4 is 10.1 Å². The van der Waals surface area contributed by atoms with E-state index in [1.54, 1.807) is 24.3 Å². The molecule has 2 rings (SSSR count). The molecule has 2 aromatic rings. The lowest BCUT2D eigenvalue weighted by molar-refractivity contribution is -0.134. The quantitative estimate of drug-likeness (QED) is 0.874. The smallest absolute Gasteiger partial charge is 0.426 e. The van der Waals surface area contributed by atoms with Crippen LogP contribution in [0, 0.1) is 0 Å². The van der Waals surface area contributed by atoms with Gasteiger partial charge >= 0.3 is 6.18 Å². The number of thiophene rings is 1. The van der Waals surface area contributed by atoms with Gasteiger partial charge in [-0.15, -0.1) is 11.3 Å². The van der Waals surface area contributed by atoms with Gasteiger partial charge < -0.3 is 10.1 Å². The summed E-state index contributed by atoms with van der Waals surface area (Å²) < 4.78 is 43.9. The van der Waals surface area contributed by atoms with Gasteiger partial charge in [-0.2, -0.15) is 13.2 Å². The molecule has 0 aliphatic heterocycles. The molecular weight excluding hydrogens is 315 g/mol. The van der Waals surface area contributed by atoms with Crippen molar-refractivity contribution < 1.29 is 22.7 Å². The van der Waals surface area contributed by atoms with Crippen molar-refractivity contribution in [1.29, 1.82) is 0 Å². The van der Waals surface area contributed by atoms with Crippen molar-refractivity contribution in [2.45, 2.75) is 26.1 Å². The molecule has 22 heavy (non-hydrogen) atoms. The molecule has 1 aromatic carbocycles. The van der Waals surface area contributed by atoms with Crippen LogP contribution in [-0.2, 0) is 6.18 Å². The van der Waals surface area contributed by atoms with E-state index in [2.05, 4.69) is 5.32 Å². The van der Waals surface area contributed by atoms with E-state index in [1.165, 1.54) is 5.38 Å². The topological polar surface area (TPSA) is 38.3 Å². The lowest BCUT2D eigenvalue weighted by atomic mass is 10.2. The molecule has 0 aliphatic rings. The first-order chi connectivity index (χ1) is 10.3. The van der Waals surface area contributed by atoms with Gasteiger partial charge in [0, 0.05) is 11.8 Å². The summed E-state index contributed by atoms with van der Waals surface area (Å²) in [6, 6.07) is 7.69. The fourth-order valence-electron chi connectivity index (χ4n) is 1.83. The molecule has 0 fully saturated rings. The van der Waals surface area contributed by atoms with E-state index in [1.807, 2.05) is 13.8 Å². The maximum atomic E-state index is 12.8. The number of carbonyl (C=O) groups is 1. The van der Waals surface area contributed by atoms with Crippen molar-refractivity contribution in [3.05, 3.63) is 46.2 Å². The zero-order chi connectivity index (χ0) is 16.3. The summed E-state index contributed by atoms with van der Waals surface area (Å²) in [7, 11) is 0. The molecule has 1 aromatic heterocycles. The standard InChI is InChI=1S/C15H14F3NO2S/c1-9(2)21-11-5-3-4-10(8-11)19-14(20)12-6-7-22-13(12)15(16,17)18/h3-9H,1-2H3,(H,19,20). The number of hydrogen-bond donors (Lipinski definition) is 1. The van der Waals surface area contributed by atoms with E-state index in [4.69, 9.17) is 4.74 Å². The molecule has 0 aliphatic carbocycles. The van der Waals surface area contributed by atoms with Gasteiger partial charge in [0.1, 0.15) is 10.6 Å². The molecule has 3 nitrogen and oxygen atoms in total. The minimum atomic E-state index is -4.54. The summed E-state index contributed by atoms with van der Waals surface area (Å²) in [4.78, 5) is 11.1. The van der Waals surface area contributed by atoms with Gasteiger partial charge in [-0.05, 0) is 37.4 Å². The number of benzene rings is 1. The van der Waals surface area contributed by atoms with Crippen LogP contribution in [0.15, 0.2) is 35.7 Å². The van der Waals surface area contributed by atoms with Gasteiger partial charge in [0.25, 0.3) is 5.91 Å². The Morgan fingerprint density at radius 2 is 2.00 bits per heavy atom. The third-order valence-electron chi connectivity index (χ3n) is 2.63. The predicted octanol–water partition coefficient (Wildman–Crippen LogP) is 4.81. The highest BCUT2D eigenvalue weighted by Gasteiger charge is 2.36. The van der Waals surface area contributed by atoms with Crippen LogP contribution in [0.1, 0.15) is 29.1 Å². The third kappa shape index (κ3) is 4.00. The van der Waals surface area contributed by atoms with Crippen LogP contribution in [0.3, 0.4) is 0 Å². The normalized spacial score (nSPS) is 11.5. The van der Waals surface area contributed by atoms with Gasteiger partial charge in [-0.3, -0.25) is 4.79 Å². The van der Waals surface area contributed by atoms with Crippen LogP contribution in [0.25, 0.3) is 0 Å². The van der Waals surface area contributed by atoms with Crippen LogP contribution >= 0.6 is 11.3 Å². The Hall–Kier alpha value is -2.02. The van der Waals surface area contributed by atoms with Crippen LogP contribution in [0.2, 0.25) is 0 Å². The number of anilines is 1. The van der Waals surface area contributed by atoms with Gasteiger partial charge in [0.15, 0.2) is 0 Å². The fourth-order valence-corrected chi connectivity index (χ4v) is 2.59. The van der Waals surface area contributed by atoms with Crippen molar-refractivity contribution in [3.8, 4) is 5.75 Å². The average Bonchev–Trinajstić information content (AvgIpc) is 2.87. The molecule has 0 spiro atoms. The number of nitrogens with one attached hydrogen (secondary N) is 1. The minimum absolute atomic E-state index is 0.0420. The van der Waals surface area contributed by atoms with Crippen molar-refractivity contribution in [3.63, 3.8) is 0 Å². The van der Waals surface area contributed by atoms with E-state index in [0.717, 1.165) is 6.07 Å². The average molecular weight is 329 g/mol. The number of amides is 1. The molecule has 0 radical (unpaired) electrons. The first kappa shape index (κ1) is 16.4. The third-order valence-corrected chi connectivity index (χ3v) is 3.59. The van der Waals surface area contributed by atoms with Gasteiger partial charge in [0.05, 0.1) is 11.7 Å². The number of carbonyl (C=O) groups excluding carboxylic acids is 1. The van der Waals surface area contributed by atoms with Crippen molar-refractivity contribution in [2.75, 3.05) is 5.32 Å². The van der Waals surface area contributed by atoms with E-state index >= 15 is 0 Å². The fraction of sp³-hybridized carbons (Fsp3) is 0.267. The minimum Gasteiger partial charge on any atom is -0.491 e. The first-order valence-corrected chi connectivity index (χ1v) is 7.38. The zero-order valence-corrected chi connectivity index (χ0v) is 12.7.